The van der Waals surface area contributed by atoms with E-state index in [4.69, 9.17) is 0 Å². The van der Waals surface area contributed by atoms with E-state index in [1.54, 1.807) is 12.4 Å². The van der Waals surface area contributed by atoms with E-state index in [9.17, 15) is 5.26 Å². The number of hydrogen-bond acceptors (Lipinski definition) is 2. The zero-order valence-electron chi connectivity index (χ0n) is 21.1. The molecular formula is C36H23N3. The molecule has 7 aromatic rings. The molecule has 39 heavy (non-hydrogen) atoms. The Morgan fingerprint density at radius 1 is 0.513 bits per heavy atom. The molecule has 7 rings (SSSR count). The van der Waals surface area contributed by atoms with Gasteiger partial charge in [0.15, 0.2) is 0 Å². The molecule has 3 heteroatoms. The molecule has 0 fully saturated rings. The van der Waals surface area contributed by atoms with Gasteiger partial charge < -0.3 is 4.57 Å². The average Bonchev–Trinajstić information content (AvgIpc) is 3.35. The van der Waals surface area contributed by atoms with Gasteiger partial charge in [0, 0.05) is 34.3 Å². The van der Waals surface area contributed by atoms with Gasteiger partial charge in [0.05, 0.1) is 28.4 Å². The fourth-order valence-corrected chi connectivity index (χ4v) is 5.53. The van der Waals surface area contributed by atoms with Gasteiger partial charge >= 0.3 is 0 Å². The molecule has 0 radical (unpaired) electrons. The van der Waals surface area contributed by atoms with Crippen molar-refractivity contribution in [2.75, 3.05) is 0 Å². The van der Waals surface area contributed by atoms with E-state index >= 15 is 0 Å². The lowest BCUT2D eigenvalue weighted by atomic mass is 9.94. The predicted octanol–water partition coefficient (Wildman–Crippen LogP) is 9.05. The Morgan fingerprint density at radius 3 is 1.90 bits per heavy atom. The third-order valence-corrected chi connectivity index (χ3v) is 7.35. The maximum absolute atomic E-state index is 10.2. The van der Waals surface area contributed by atoms with E-state index in [-0.39, 0.29) is 0 Å². The van der Waals surface area contributed by atoms with Gasteiger partial charge in [-0.3, -0.25) is 4.98 Å². The first-order valence-electron chi connectivity index (χ1n) is 12.9. The molecule has 182 valence electrons. The molecule has 0 aliphatic rings. The molecule has 0 aliphatic heterocycles. The quantitative estimate of drug-likeness (QED) is 0.243. The van der Waals surface area contributed by atoms with Crippen molar-refractivity contribution in [2.24, 2.45) is 0 Å². The lowest BCUT2D eigenvalue weighted by Gasteiger charge is -2.17. The van der Waals surface area contributed by atoms with Crippen molar-refractivity contribution in [3.63, 3.8) is 0 Å². The highest BCUT2D eigenvalue weighted by atomic mass is 15.0. The Hall–Kier alpha value is -5.46. The van der Waals surface area contributed by atoms with E-state index in [1.165, 1.54) is 21.9 Å². The van der Waals surface area contributed by atoms with Crippen LogP contribution in [0.3, 0.4) is 0 Å². The largest absolute Gasteiger partial charge is 0.309 e. The topological polar surface area (TPSA) is 41.6 Å². The summed E-state index contributed by atoms with van der Waals surface area (Å²) in [5, 5.41) is 12.6. The smallest absolute Gasteiger partial charge is 0.0998 e. The van der Waals surface area contributed by atoms with Crippen LogP contribution in [0, 0.1) is 11.3 Å². The first kappa shape index (κ1) is 22.7. The molecule has 0 saturated heterocycles. The number of fused-ring (bicyclic) bond motifs is 3. The Balaban J connectivity index is 1.58. The molecule has 5 aromatic carbocycles. The standard InChI is InChI=1S/C36H23N3/c37-24-29-22-32(26-11-5-2-6-12-26)36(23-31(29)27-17-19-38-20-18-27)39-34-14-8-7-13-30(34)33-21-28(15-16-35(33)39)25-9-3-1-4-10-25/h1-23H. The van der Waals surface area contributed by atoms with Crippen LogP contribution in [0.5, 0.6) is 0 Å². The molecule has 0 atom stereocenters. The number of para-hydroxylation sites is 1. The van der Waals surface area contributed by atoms with Crippen LogP contribution >= 0.6 is 0 Å². The average molecular weight is 498 g/mol. The Bertz CT molecular complexity index is 2000. The maximum atomic E-state index is 10.2. The van der Waals surface area contributed by atoms with Crippen molar-refractivity contribution in [3.8, 4) is 45.1 Å². The second kappa shape index (κ2) is 9.45. The molecule has 2 heterocycles. The first-order chi connectivity index (χ1) is 19.3. The lowest BCUT2D eigenvalue weighted by Crippen LogP contribution is -2.00. The van der Waals surface area contributed by atoms with Crippen LogP contribution in [0.2, 0.25) is 0 Å². The van der Waals surface area contributed by atoms with Gasteiger partial charge in [-0.05, 0) is 64.7 Å². The SMILES string of the molecule is N#Cc1cc(-c2ccccc2)c(-n2c3ccccc3c3cc(-c4ccccc4)ccc32)cc1-c1ccncc1. The molecule has 0 unspecified atom stereocenters. The summed E-state index contributed by atoms with van der Waals surface area (Å²) in [6, 6.07) is 46.6. The summed E-state index contributed by atoms with van der Waals surface area (Å²) in [6.45, 7) is 0. The molecule has 0 N–H and O–H groups in total. The van der Waals surface area contributed by atoms with Gasteiger partial charge in [0.2, 0.25) is 0 Å². The van der Waals surface area contributed by atoms with Gasteiger partial charge in [-0.2, -0.15) is 5.26 Å². The van der Waals surface area contributed by atoms with Crippen molar-refractivity contribution in [1.29, 1.82) is 5.26 Å². The zero-order chi connectivity index (χ0) is 26.2. The molecule has 0 bridgehead atoms. The molecule has 0 aliphatic carbocycles. The number of hydrogen-bond donors (Lipinski definition) is 0. The first-order valence-corrected chi connectivity index (χ1v) is 12.9. The van der Waals surface area contributed by atoms with Crippen LogP contribution < -0.4 is 0 Å². The Kier molecular flexibility index (Phi) is 5.50. The molecular weight excluding hydrogens is 474 g/mol. The predicted molar refractivity (Wildman–Crippen MR) is 160 cm³/mol. The van der Waals surface area contributed by atoms with Crippen LogP contribution in [0.1, 0.15) is 5.56 Å². The summed E-state index contributed by atoms with van der Waals surface area (Å²) in [5.41, 5.74) is 10.2. The summed E-state index contributed by atoms with van der Waals surface area (Å²) in [7, 11) is 0. The molecule has 0 saturated carbocycles. The van der Waals surface area contributed by atoms with Gasteiger partial charge in [-0.1, -0.05) is 84.9 Å². The number of pyridine rings is 1. The highest BCUT2D eigenvalue weighted by molar-refractivity contribution is 6.11. The molecule has 2 aromatic heterocycles. The summed E-state index contributed by atoms with van der Waals surface area (Å²) in [5.74, 6) is 0. The summed E-state index contributed by atoms with van der Waals surface area (Å²) < 4.78 is 2.34. The lowest BCUT2D eigenvalue weighted by molar-refractivity contribution is 1.18. The van der Waals surface area contributed by atoms with Gasteiger partial charge in [0.25, 0.3) is 0 Å². The van der Waals surface area contributed by atoms with Crippen LogP contribution in [0.15, 0.2) is 140 Å². The number of benzene rings is 5. The number of rotatable bonds is 4. The minimum Gasteiger partial charge on any atom is -0.309 e. The minimum absolute atomic E-state index is 0.635. The highest BCUT2D eigenvalue weighted by Crippen LogP contribution is 2.40. The summed E-state index contributed by atoms with van der Waals surface area (Å²) >= 11 is 0. The Morgan fingerprint density at radius 2 is 1.15 bits per heavy atom. The number of aromatic nitrogens is 2. The fraction of sp³-hybridized carbons (Fsp3) is 0. The van der Waals surface area contributed by atoms with Gasteiger partial charge in [-0.25, -0.2) is 0 Å². The Labute approximate surface area is 226 Å². The second-order valence-electron chi connectivity index (χ2n) is 9.58. The summed E-state index contributed by atoms with van der Waals surface area (Å²) in [4.78, 5) is 4.19. The van der Waals surface area contributed by atoms with E-state index in [0.717, 1.165) is 39.0 Å². The summed E-state index contributed by atoms with van der Waals surface area (Å²) in [6.07, 6.45) is 3.54. The molecule has 0 amide bonds. The van der Waals surface area contributed by atoms with Crippen LogP contribution in [-0.4, -0.2) is 9.55 Å². The van der Waals surface area contributed by atoms with E-state index in [1.807, 2.05) is 42.5 Å². The third kappa shape index (κ3) is 3.87. The molecule has 3 nitrogen and oxygen atoms in total. The number of nitriles is 1. The zero-order valence-corrected chi connectivity index (χ0v) is 21.1. The van der Waals surface area contributed by atoms with Crippen molar-refractivity contribution in [2.45, 2.75) is 0 Å². The normalized spacial score (nSPS) is 11.1. The van der Waals surface area contributed by atoms with Gasteiger partial charge in [0.1, 0.15) is 0 Å². The van der Waals surface area contributed by atoms with E-state index in [0.29, 0.717) is 5.56 Å². The fourth-order valence-electron chi connectivity index (χ4n) is 5.53. The number of nitrogens with zero attached hydrogens (tertiary/aromatic N) is 3. The monoisotopic (exact) mass is 497 g/mol. The second-order valence-corrected chi connectivity index (χ2v) is 9.58. The van der Waals surface area contributed by atoms with Gasteiger partial charge in [-0.15, -0.1) is 0 Å². The third-order valence-electron chi connectivity index (χ3n) is 7.35. The van der Waals surface area contributed by atoms with E-state index < -0.39 is 0 Å². The highest BCUT2D eigenvalue weighted by Gasteiger charge is 2.19. The maximum Gasteiger partial charge on any atom is 0.0998 e. The van der Waals surface area contributed by atoms with Crippen LogP contribution in [0.25, 0.3) is 60.9 Å². The van der Waals surface area contributed by atoms with Crippen molar-refractivity contribution >= 4 is 21.8 Å². The van der Waals surface area contributed by atoms with Crippen molar-refractivity contribution in [3.05, 3.63) is 145 Å². The molecule has 0 spiro atoms. The van der Waals surface area contributed by atoms with Crippen molar-refractivity contribution < 1.29 is 0 Å². The van der Waals surface area contributed by atoms with Crippen LogP contribution in [0.4, 0.5) is 0 Å². The minimum atomic E-state index is 0.635. The van der Waals surface area contributed by atoms with E-state index in [2.05, 4.69) is 101 Å². The van der Waals surface area contributed by atoms with Crippen molar-refractivity contribution in [1.82, 2.24) is 9.55 Å². The van der Waals surface area contributed by atoms with Crippen LogP contribution in [-0.2, 0) is 0 Å².